The second kappa shape index (κ2) is 7.54. The van der Waals surface area contributed by atoms with Gasteiger partial charge in [-0.3, -0.25) is 5.84 Å². The van der Waals surface area contributed by atoms with Crippen LogP contribution >= 0.6 is 15.9 Å². The average molecular weight is 353 g/mol. The highest BCUT2D eigenvalue weighted by atomic mass is 79.9. The van der Waals surface area contributed by atoms with Crippen molar-refractivity contribution in [1.29, 1.82) is 0 Å². The maximum absolute atomic E-state index is 14.0. The molecule has 0 fully saturated rings. The van der Waals surface area contributed by atoms with E-state index in [-0.39, 0.29) is 5.82 Å². The molecular weight excluding hydrogens is 335 g/mol. The second-order valence-corrected chi connectivity index (χ2v) is 5.60. The van der Waals surface area contributed by atoms with Crippen LogP contribution in [0.2, 0.25) is 0 Å². The highest BCUT2D eigenvalue weighted by molar-refractivity contribution is 9.10. The molecule has 3 nitrogen and oxygen atoms in total. The van der Waals surface area contributed by atoms with Gasteiger partial charge in [0, 0.05) is 10.0 Å². The van der Waals surface area contributed by atoms with Gasteiger partial charge in [-0.05, 0) is 42.3 Å². The summed E-state index contributed by atoms with van der Waals surface area (Å²) >= 11 is 3.35. The van der Waals surface area contributed by atoms with Crippen LogP contribution in [0.3, 0.4) is 0 Å². The van der Waals surface area contributed by atoms with Crippen molar-refractivity contribution in [3.8, 4) is 5.75 Å². The van der Waals surface area contributed by atoms with E-state index in [0.717, 1.165) is 22.2 Å². The van der Waals surface area contributed by atoms with Gasteiger partial charge in [-0.2, -0.15) is 0 Å². The van der Waals surface area contributed by atoms with E-state index in [9.17, 15) is 4.39 Å². The standard InChI is InChI=1S/C16H18BrFN2O/c1-2-9-21-13-6-3-11(4-7-13)16(20-19)14-10-12(17)5-8-15(14)18/h3-8,10,16,20H,2,9,19H2,1H3. The molecule has 5 heteroatoms. The molecule has 0 aromatic heterocycles. The van der Waals surface area contributed by atoms with Crippen molar-refractivity contribution in [3.05, 3.63) is 63.9 Å². The maximum Gasteiger partial charge on any atom is 0.128 e. The topological polar surface area (TPSA) is 47.3 Å². The molecule has 0 heterocycles. The Labute approximate surface area is 132 Å². The zero-order chi connectivity index (χ0) is 15.2. The Morgan fingerprint density at radius 3 is 2.57 bits per heavy atom. The lowest BCUT2D eigenvalue weighted by Gasteiger charge is -2.18. The third-order valence-corrected chi connectivity index (χ3v) is 3.62. The van der Waals surface area contributed by atoms with E-state index in [1.54, 1.807) is 12.1 Å². The van der Waals surface area contributed by atoms with Gasteiger partial charge in [0.25, 0.3) is 0 Å². The van der Waals surface area contributed by atoms with Crippen LogP contribution in [0.15, 0.2) is 46.9 Å². The maximum atomic E-state index is 14.0. The Bertz CT molecular complexity index is 589. The van der Waals surface area contributed by atoms with Crippen LogP contribution in [0.5, 0.6) is 5.75 Å². The van der Waals surface area contributed by atoms with Gasteiger partial charge in [0.15, 0.2) is 0 Å². The summed E-state index contributed by atoms with van der Waals surface area (Å²) in [5.74, 6) is 6.11. The third kappa shape index (κ3) is 4.03. The molecule has 0 aliphatic carbocycles. The summed E-state index contributed by atoms with van der Waals surface area (Å²) in [4.78, 5) is 0. The molecular formula is C16H18BrFN2O. The lowest BCUT2D eigenvalue weighted by molar-refractivity contribution is 0.317. The molecule has 2 aromatic carbocycles. The van der Waals surface area contributed by atoms with E-state index >= 15 is 0 Å². The van der Waals surface area contributed by atoms with Crippen LogP contribution in [0, 0.1) is 5.82 Å². The molecule has 0 spiro atoms. The predicted molar refractivity (Wildman–Crippen MR) is 85.5 cm³/mol. The molecule has 21 heavy (non-hydrogen) atoms. The molecule has 2 aromatic rings. The third-order valence-electron chi connectivity index (χ3n) is 3.12. The first-order valence-corrected chi connectivity index (χ1v) is 7.58. The van der Waals surface area contributed by atoms with Crippen LogP contribution in [0.25, 0.3) is 0 Å². The SMILES string of the molecule is CCCOc1ccc(C(NN)c2cc(Br)ccc2F)cc1. The van der Waals surface area contributed by atoms with Crippen molar-refractivity contribution in [1.82, 2.24) is 5.43 Å². The highest BCUT2D eigenvalue weighted by Gasteiger charge is 2.17. The Morgan fingerprint density at radius 2 is 1.95 bits per heavy atom. The first-order valence-electron chi connectivity index (χ1n) is 6.79. The molecule has 112 valence electrons. The summed E-state index contributed by atoms with van der Waals surface area (Å²) in [5, 5.41) is 0. The fourth-order valence-corrected chi connectivity index (χ4v) is 2.46. The molecule has 1 unspecified atom stereocenters. The number of hydrogen-bond acceptors (Lipinski definition) is 3. The van der Waals surface area contributed by atoms with Gasteiger partial charge in [0.05, 0.1) is 12.6 Å². The van der Waals surface area contributed by atoms with Crippen molar-refractivity contribution >= 4 is 15.9 Å². The van der Waals surface area contributed by atoms with E-state index in [4.69, 9.17) is 10.6 Å². The lowest BCUT2D eigenvalue weighted by Crippen LogP contribution is -2.29. The molecule has 0 saturated carbocycles. The molecule has 2 rings (SSSR count). The molecule has 0 aliphatic rings. The second-order valence-electron chi connectivity index (χ2n) is 4.68. The van der Waals surface area contributed by atoms with Crippen LogP contribution < -0.4 is 16.0 Å². The molecule has 0 bridgehead atoms. The number of hydrazine groups is 1. The van der Waals surface area contributed by atoms with Crippen LogP contribution in [-0.2, 0) is 0 Å². The Morgan fingerprint density at radius 1 is 1.24 bits per heavy atom. The van der Waals surface area contributed by atoms with Gasteiger partial charge in [-0.25, -0.2) is 9.82 Å². The fraction of sp³-hybridized carbons (Fsp3) is 0.250. The van der Waals surface area contributed by atoms with Gasteiger partial charge in [-0.1, -0.05) is 35.0 Å². The summed E-state index contributed by atoms with van der Waals surface area (Å²) in [6, 6.07) is 11.9. The van der Waals surface area contributed by atoms with E-state index in [0.29, 0.717) is 12.2 Å². The summed E-state index contributed by atoms with van der Waals surface area (Å²) in [6.45, 7) is 2.73. The minimum atomic E-state index is -0.414. The quantitative estimate of drug-likeness (QED) is 0.611. The Hall–Kier alpha value is -1.43. The van der Waals surface area contributed by atoms with E-state index < -0.39 is 6.04 Å². The molecule has 3 N–H and O–H groups in total. The predicted octanol–water partition coefficient (Wildman–Crippen LogP) is 3.93. The first-order chi connectivity index (χ1) is 10.2. The number of halogens is 2. The minimum absolute atomic E-state index is 0.299. The van der Waals surface area contributed by atoms with Crippen LogP contribution in [0.4, 0.5) is 4.39 Å². The normalized spacial score (nSPS) is 12.2. The Kier molecular flexibility index (Phi) is 5.73. The van der Waals surface area contributed by atoms with Crippen molar-refractivity contribution in [2.45, 2.75) is 19.4 Å². The van der Waals surface area contributed by atoms with Crippen molar-refractivity contribution in [3.63, 3.8) is 0 Å². The average Bonchev–Trinajstić information content (AvgIpc) is 2.50. The summed E-state index contributed by atoms with van der Waals surface area (Å²) in [5.41, 5.74) is 4.03. The van der Waals surface area contributed by atoms with Crippen molar-refractivity contribution < 1.29 is 9.13 Å². The van der Waals surface area contributed by atoms with E-state index in [1.807, 2.05) is 24.3 Å². The van der Waals surface area contributed by atoms with Gasteiger partial charge in [-0.15, -0.1) is 0 Å². The summed E-state index contributed by atoms with van der Waals surface area (Å²) in [7, 11) is 0. The summed E-state index contributed by atoms with van der Waals surface area (Å²) < 4.78 is 20.3. The number of ether oxygens (including phenoxy) is 1. The zero-order valence-electron chi connectivity index (χ0n) is 11.8. The van der Waals surface area contributed by atoms with Crippen molar-refractivity contribution in [2.24, 2.45) is 5.84 Å². The number of rotatable bonds is 6. The largest absolute Gasteiger partial charge is 0.494 e. The van der Waals surface area contributed by atoms with E-state index in [1.165, 1.54) is 6.07 Å². The highest BCUT2D eigenvalue weighted by Crippen LogP contribution is 2.27. The molecule has 1 atom stereocenters. The number of nitrogens with one attached hydrogen (secondary N) is 1. The van der Waals surface area contributed by atoms with Gasteiger partial charge >= 0.3 is 0 Å². The van der Waals surface area contributed by atoms with Gasteiger partial charge < -0.3 is 4.74 Å². The van der Waals surface area contributed by atoms with Crippen molar-refractivity contribution in [2.75, 3.05) is 6.61 Å². The number of hydrogen-bond donors (Lipinski definition) is 2. The molecule has 0 amide bonds. The van der Waals surface area contributed by atoms with Crippen LogP contribution in [-0.4, -0.2) is 6.61 Å². The Balaban J connectivity index is 2.26. The fourth-order valence-electron chi connectivity index (χ4n) is 2.08. The minimum Gasteiger partial charge on any atom is -0.494 e. The smallest absolute Gasteiger partial charge is 0.128 e. The lowest BCUT2D eigenvalue weighted by atomic mass is 9.99. The molecule has 0 saturated heterocycles. The summed E-state index contributed by atoms with van der Waals surface area (Å²) in [6.07, 6.45) is 0.956. The van der Waals surface area contributed by atoms with Crippen LogP contribution in [0.1, 0.15) is 30.5 Å². The molecule has 0 radical (unpaired) electrons. The van der Waals surface area contributed by atoms with Gasteiger partial charge in [0.1, 0.15) is 11.6 Å². The number of nitrogens with two attached hydrogens (primary N) is 1. The zero-order valence-corrected chi connectivity index (χ0v) is 13.4. The first kappa shape index (κ1) is 15.9. The van der Waals surface area contributed by atoms with E-state index in [2.05, 4.69) is 28.3 Å². The number of benzene rings is 2. The van der Waals surface area contributed by atoms with Gasteiger partial charge in [0.2, 0.25) is 0 Å². The monoisotopic (exact) mass is 352 g/mol. The molecule has 0 aliphatic heterocycles.